The molecule has 4 rings (SSSR count). The number of aromatic nitrogens is 2. The van der Waals surface area contributed by atoms with Gasteiger partial charge in [0.15, 0.2) is 0 Å². The molecule has 1 saturated carbocycles. The Morgan fingerprint density at radius 3 is 2.76 bits per heavy atom. The first-order valence-electron chi connectivity index (χ1n) is 7.46. The molecule has 106 valence electrons. The van der Waals surface area contributed by atoms with Gasteiger partial charge in [-0.15, -0.1) is 0 Å². The minimum Gasteiger partial charge on any atom is -0.342 e. The van der Waals surface area contributed by atoms with Crippen LogP contribution in [0.1, 0.15) is 48.6 Å². The van der Waals surface area contributed by atoms with Gasteiger partial charge in [0.2, 0.25) is 0 Å². The highest BCUT2D eigenvalue weighted by atomic mass is 19.1. The van der Waals surface area contributed by atoms with E-state index < -0.39 is 0 Å². The van der Waals surface area contributed by atoms with Gasteiger partial charge in [0.05, 0.1) is 11.0 Å². The van der Waals surface area contributed by atoms with Crippen LogP contribution in [0.4, 0.5) is 4.39 Å². The lowest BCUT2D eigenvalue weighted by Crippen LogP contribution is -1.97. The van der Waals surface area contributed by atoms with E-state index in [4.69, 9.17) is 4.98 Å². The summed E-state index contributed by atoms with van der Waals surface area (Å²) in [6.07, 6.45) is 2.46. The lowest BCUT2D eigenvalue weighted by atomic mass is 9.92. The fraction of sp³-hybridized carbons (Fsp3) is 0.278. The third-order valence-electron chi connectivity index (χ3n) is 4.34. The minimum absolute atomic E-state index is 0.125. The van der Waals surface area contributed by atoms with Gasteiger partial charge in [-0.2, -0.15) is 0 Å². The van der Waals surface area contributed by atoms with Crippen LogP contribution < -0.4 is 0 Å². The predicted octanol–water partition coefficient (Wildman–Crippen LogP) is 4.73. The number of hydrogen-bond donors (Lipinski definition) is 1. The summed E-state index contributed by atoms with van der Waals surface area (Å²) in [5, 5.41) is 0. The van der Waals surface area contributed by atoms with Crippen LogP contribution in [-0.2, 0) is 0 Å². The van der Waals surface area contributed by atoms with Crippen molar-refractivity contribution in [3.63, 3.8) is 0 Å². The van der Waals surface area contributed by atoms with Gasteiger partial charge in [0.1, 0.15) is 11.6 Å². The zero-order chi connectivity index (χ0) is 14.4. The summed E-state index contributed by atoms with van der Waals surface area (Å²) < 4.78 is 13.5. The van der Waals surface area contributed by atoms with Crippen LogP contribution in [0.5, 0.6) is 0 Å². The number of benzene rings is 2. The van der Waals surface area contributed by atoms with Crippen LogP contribution in [0.3, 0.4) is 0 Å². The Kier molecular flexibility index (Phi) is 2.81. The van der Waals surface area contributed by atoms with Crippen molar-refractivity contribution in [2.24, 2.45) is 0 Å². The van der Waals surface area contributed by atoms with Crippen molar-refractivity contribution in [3.8, 4) is 0 Å². The number of H-pyrrole nitrogens is 1. The van der Waals surface area contributed by atoms with Gasteiger partial charge in [0, 0.05) is 11.8 Å². The second-order valence-electron chi connectivity index (χ2n) is 5.92. The molecule has 1 N–H and O–H groups in total. The predicted molar refractivity (Wildman–Crippen MR) is 82.0 cm³/mol. The Morgan fingerprint density at radius 2 is 2.00 bits per heavy atom. The Balaban J connectivity index is 1.81. The third kappa shape index (κ3) is 2.23. The molecule has 0 spiro atoms. The summed E-state index contributed by atoms with van der Waals surface area (Å²) in [5.74, 6) is 1.64. The van der Waals surface area contributed by atoms with E-state index in [1.54, 1.807) is 12.1 Å². The first-order chi connectivity index (χ1) is 10.2. The Morgan fingerprint density at radius 1 is 1.19 bits per heavy atom. The average molecular weight is 280 g/mol. The zero-order valence-electron chi connectivity index (χ0n) is 11.9. The molecular formula is C18H17FN2. The molecule has 0 saturated heterocycles. The SMILES string of the molecule is CC(c1cccc(F)c1)c1cccc2[nH]c(C3CC3)nc12. The zero-order valence-corrected chi connectivity index (χ0v) is 11.9. The highest BCUT2D eigenvalue weighted by molar-refractivity contribution is 5.80. The molecule has 1 unspecified atom stereocenters. The molecule has 3 heteroatoms. The van der Waals surface area contributed by atoms with Gasteiger partial charge in [-0.3, -0.25) is 0 Å². The molecule has 0 bridgehead atoms. The number of halogens is 1. The van der Waals surface area contributed by atoms with Crippen LogP contribution in [0.2, 0.25) is 0 Å². The van der Waals surface area contributed by atoms with Gasteiger partial charge in [-0.25, -0.2) is 9.37 Å². The maximum absolute atomic E-state index is 13.5. The van der Waals surface area contributed by atoms with Crippen molar-refractivity contribution in [1.29, 1.82) is 0 Å². The van der Waals surface area contributed by atoms with E-state index in [0.29, 0.717) is 5.92 Å². The van der Waals surface area contributed by atoms with Crippen LogP contribution in [0, 0.1) is 5.82 Å². The number of aromatic amines is 1. The quantitative estimate of drug-likeness (QED) is 0.738. The van der Waals surface area contributed by atoms with Gasteiger partial charge >= 0.3 is 0 Å². The van der Waals surface area contributed by atoms with Crippen molar-refractivity contribution in [2.45, 2.75) is 31.6 Å². The number of imidazole rings is 1. The van der Waals surface area contributed by atoms with Gasteiger partial charge < -0.3 is 4.98 Å². The summed E-state index contributed by atoms with van der Waals surface area (Å²) in [6.45, 7) is 2.11. The Labute approximate surface area is 123 Å². The molecule has 0 aliphatic heterocycles. The van der Waals surface area contributed by atoms with E-state index in [0.717, 1.165) is 28.0 Å². The van der Waals surface area contributed by atoms with Crippen LogP contribution in [-0.4, -0.2) is 9.97 Å². The van der Waals surface area contributed by atoms with Crippen molar-refractivity contribution in [1.82, 2.24) is 9.97 Å². The summed E-state index contributed by atoms with van der Waals surface area (Å²) in [4.78, 5) is 8.22. The number of nitrogens with zero attached hydrogens (tertiary/aromatic N) is 1. The highest BCUT2D eigenvalue weighted by Crippen LogP contribution is 2.40. The second-order valence-corrected chi connectivity index (χ2v) is 5.92. The van der Waals surface area contributed by atoms with Crippen LogP contribution in [0.25, 0.3) is 11.0 Å². The normalized spacial score (nSPS) is 16.3. The first kappa shape index (κ1) is 12.6. The smallest absolute Gasteiger partial charge is 0.123 e. The number of fused-ring (bicyclic) bond motifs is 1. The number of para-hydroxylation sites is 1. The maximum atomic E-state index is 13.5. The Hall–Kier alpha value is -2.16. The fourth-order valence-electron chi connectivity index (χ4n) is 2.93. The minimum atomic E-state index is -0.188. The standard InChI is InChI=1S/C18H17FN2/c1-11(13-4-2-5-14(19)10-13)15-6-3-7-16-17(15)21-18(20-16)12-8-9-12/h2-7,10-12H,8-9H2,1H3,(H,20,21). The van der Waals surface area contributed by atoms with E-state index in [1.807, 2.05) is 12.1 Å². The molecule has 21 heavy (non-hydrogen) atoms. The number of rotatable bonds is 3. The molecule has 1 aromatic heterocycles. The molecule has 2 aromatic carbocycles. The molecule has 1 heterocycles. The van der Waals surface area contributed by atoms with Crippen molar-refractivity contribution in [3.05, 3.63) is 65.2 Å². The molecule has 1 atom stereocenters. The van der Waals surface area contributed by atoms with E-state index in [2.05, 4.69) is 24.0 Å². The van der Waals surface area contributed by atoms with Crippen molar-refractivity contribution >= 4 is 11.0 Å². The topological polar surface area (TPSA) is 28.7 Å². The van der Waals surface area contributed by atoms with E-state index in [9.17, 15) is 4.39 Å². The van der Waals surface area contributed by atoms with Crippen LogP contribution >= 0.6 is 0 Å². The lowest BCUT2D eigenvalue weighted by Gasteiger charge is -2.13. The summed E-state index contributed by atoms with van der Waals surface area (Å²) in [5.41, 5.74) is 4.24. The van der Waals surface area contributed by atoms with Gasteiger partial charge in [-0.1, -0.05) is 31.2 Å². The lowest BCUT2D eigenvalue weighted by molar-refractivity contribution is 0.624. The maximum Gasteiger partial charge on any atom is 0.123 e. The van der Waals surface area contributed by atoms with E-state index in [1.165, 1.54) is 18.9 Å². The monoisotopic (exact) mass is 280 g/mol. The molecule has 3 aromatic rings. The fourth-order valence-corrected chi connectivity index (χ4v) is 2.93. The number of hydrogen-bond acceptors (Lipinski definition) is 1. The summed E-state index contributed by atoms with van der Waals surface area (Å²) in [6, 6.07) is 13.0. The van der Waals surface area contributed by atoms with Crippen molar-refractivity contribution < 1.29 is 4.39 Å². The third-order valence-corrected chi connectivity index (χ3v) is 4.34. The summed E-state index contributed by atoms with van der Waals surface area (Å²) in [7, 11) is 0. The molecule has 1 fully saturated rings. The molecule has 1 aliphatic rings. The molecular weight excluding hydrogens is 263 g/mol. The van der Waals surface area contributed by atoms with Gasteiger partial charge in [0.25, 0.3) is 0 Å². The Bertz CT molecular complexity index is 802. The second kappa shape index (κ2) is 4.69. The van der Waals surface area contributed by atoms with E-state index in [-0.39, 0.29) is 11.7 Å². The first-order valence-corrected chi connectivity index (χ1v) is 7.46. The van der Waals surface area contributed by atoms with Gasteiger partial charge in [-0.05, 0) is 42.2 Å². The molecule has 0 radical (unpaired) electrons. The molecule has 2 nitrogen and oxygen atoms in total. The van der Waals surface area contributed by atoms with Crippen molar-refractivity contribution in [2.75, 3.05) is 0 Å². The van der Waals surface area contributed by atoms with E-state index >= 15 is 0 Å². The largest absolute Gasteiger partial charge is 0.342 e. The average Bonchev–Trinajstić information content (AvgIpc) is 3.25. The molecule has 0 amide bonds. The van der Waals surface area contributed by atoms with Crippen LogP contribution in [0.15, 0.2) is 42.5 Å². The summed E-state index contributed by atoms with van der Waals surface area (Å²) >= 11 is 0. The highest BCUT2D eigenvalue weighted by Gasteiger charge is 2.27. The number of nitrogens with one attached hydrogen (secondary N) is 1. The molecule has 1 aliphatic carbocycles.